The molecule has 0 unspecified atom stereocenters. The van der Waals surface area contributed by atoms with Gasteiger partial charge >= 0.3 is 5.97 Å². The van der Waals surface area contributed by atoms with E-state index >= 15 is 0 Å². The van der Waals surface area contributed by atoms with Gasteiger partial charge in [0.2, 0.25) is 5.91 Å². The van der Waals surface area contributed by atoms with Gasteiger partial charge in [0, 0.05) is 37.0 Å². The predicted molar refractivity (Wildman–Crippen MR) is 121 cm³/mol. The number of carbonyl (C=O) groups is 2. The highest BCUT2D eigenvalue weighted by Gasteiger charge is 2.24. The van der Waals surface area contributed by atoms with E-state index in [4.69, 9.17) is 28.9 Å². The lowest BCUT2D eigenvalue weighted by molar-refractivity contribution is -0.141. The van der Waals surface area contributed by atoms with E-state index in [2.05, 4.69) is 10.2 Å². The highest BCUT2D eigenvalue weighted by Crippen LogP contribution is 2.16. The maximum atomic E-state index is 13.0. The van der Waals surface area contributed by atoms with Crippen LogP contribution < -0.4 is 16.0 Å². The molecule has 6 nitrogen and oxygen atoms in total. The molecule has 2 aromatic carbocycles. The molecule has 0 saturated carbocycles. The second kappa shape index (κ2) is 12.5. The van der Waals surface area contributed by atoms with Gasteiger partial charge < -0.3 is 21.1 Å². The van der Waals surface area contributed by atoms with Crippen molar-refractivity contribution in [2.75, 3.05) is 29.7 Å². The van der Waals surface area contributed by atoms with Gasteiger partial charge in [-0.2, -0.15) is 0 Å². The zero-order valence-corrected chi connectivity index (χ0v) is 18.5. The van der Waals surface area contributed by atoms with Crippen LogP contribution >= 0.6 is 23.2 Å². The number of amides is 1. The van der Waals surface area contributed by atoms with Crippen LogP contribution in [-0.4, -0.2) is 53.9 Å². The second-order valence-electron chi connectivity index (χ2n) is 7.07. The van der Waals surface area contributed by atoms with Crippen LogP contribution in [0, 0.1) is 5.82 Å². The maximum absolute atomic E-state index is 13.0. The van der Waals surface area contributed by atoms with E-state index in [1.807, 2.05) is 24.3 Å². The molecule has 0 radical (unpaired) electrons. The molecule has 1 amide bonds. The molecule has 0 aliphatic heterocycles. The lowest BCUT2D eigenvalue weighted by Gasteiger charge is -2.23. The fourth-order valence-corrected chi connectivity index (χ4v) is 3.51. The number of hydrogen-bond donors (Lipinski definition) is 3. The third kappa shape index (κ3) is 8.01. The van der Waals surface area contributed by atoms with Crippen LogP contribution in [0.25, 0.3) is 0 Å². The molecular formula is C22H26Cl2FN3O3. The summed E-state index contributed by atoms with van der Waals surface area (Å²) in [6, 6.07) is 10.9. The summed E-state index contributed by atoms with van der Waals surface area (Å²) >= 11 is 11.7. The number of halogens is 3. The van der Waals surface area contributed by atoms with Crippen LogP contribution in [0.15, 0.2) is 48.5 Å². The summed E-state index contributed by atoms with van der Waals surface area (Å²) in [5, 5.41) is 11.9. The molecule has 2 atom stereocenters. The Balaban J connectivity index is 1.96. The number of rotatable bonds is 12. The molecule has 0 heterocycles. The Morgan fingerprint density at radius 1 is 0.968 bits per heavy atom. The van der Waals surface area contributed by atoms with Gasteiger partial charge in [0.1, 0.15) is 11.9 Å². The number of nitrogens with two attached hydrogens (primary N) is 1. The predicted octanol–water partition coefficient (Wildman–Crippen LogP) is 2.79. The Morgan fingerprint density at radius 3 is 2.00 bits per heavy atom. The molecular weight excluding hydrogens is 444 g/mol. The standard InChI is InChI=1S/C22H26Cl2FN3O3/c23-9-11-28(12-10-24)18-7-3-15(4-8-18)13-19(26)21(29)27-20(22(30)31)14-16-1-5-17(25)6-2-16/h1-8,19-20H,9-14,26H2,(H,27,29)(H,30,31)/t19-,20-/m0/s1. The van der Waals surface area contributed by atoms with Gasteiger partial charge in [0.05, 0.1) is 6.04 Å². The van der Waals surface area contributed by atoms with Crippen molar-refractivity contribution in [1.82, 2.24) is 5.32 Å². The smallest absolute Gasteiger partial charge is 0.326 e. The second-order valence-corrected chi connectivity index (χ2v) is 7.83. The Bertz CT molecular complexity index is 844. The maximum Gasteiger partial charge on any atom is 0.326 e. The van der Waals surface area contributed by atoms with Crippen molar-refractivity contribution >= 4 is 40.8 Å². The number of anilines is 1. The fourth-order valence-electron chi connectivity index (χ4n) is 3.10. The minimum atomic E-state index is -1.19. The molecule has 0 spiro atoms. The number of aliphatic carboxylic acids is 1. The van der Waals surface area contributed by atoms with Gasteiger partial charge in [-0.25, -0.2) is 9.18 Å². The Morgan fingerprint density at radius 2 is 1.48 bits per heavy atom. The Labute approximate surface area is 191 Å². The molecule has 168 valence electrons. The van der Waals surface area contributed by atoms with E-state index in [-0.39, 0.29) is 12.8 Å². The first kappa shape index (κ1) is 24.9. The molecule has 9 heteroatoms. The summed E-state index contributed by atoms with van der Waals surface area (Å²) in [5.41, 5.74) is 8.41. The van der Waals surface area contributed by atoms with E-state index in [0.29, 0.717) is 30.4 Å². The molecule has 0 saturated heterocycles. The SMILES string of the molecule is N[C@@H](Cc1ccc(N(CCCl)CCCl)cc1)C(=O)N[C@@H](Cc1ccc(F)cc1)C(=O)O. The van der Waals surface area contributed by atoms with Crippen LogP contribution in [0.1, 0.15) is 11.1 Å². The van der Waals surface area contributed by atoms with Crippen molar-refractivity contribution in [3.05, 3.63) is 65.5 Å². The minimum absolute atomic E-state index is 0.0275. The topological polar surface area (TPSA) is 95.7 Å². The zero-order valence-electron chi connectivity index (χ0n) is 16.9. The number of carboxylic acids is 1. The molecule has 2 rings (SSSR count). The average Bonchev–Trinajstić information content (AvgIpc) is 2.75. The molecule has 0 aromatic heterocycles. The van der Waals surface area contributed by atoms with Crippen molar-refractivity contribution in [1.29, 1.82) is 0 Å². The Hall–Kier alpha value is -2.35. The number of benzene rings is 2. The lowest BCUT2D eigenvalue weighted by Crippen LogP contribution is -2.50. The fraction of sp³-hybridized carbons (Fsp3) is 0.364. The summed E-state index contributed by atoms with van der Waals surface area (Å²) in [7, 11) is 0. The van der Waals surface area contributed by atoms with Crippen LogP contribution in [0.2, 0.25) is 0 Å². The first-order valence-electron chi connectivity index (χ1n) is 9.83. The largest absolute Gasteiger partial charge is 0.480 e. The minimum Gasteiger partial charge on any atom is -0.480 e. The van der Waals surface area contributed by atoms with Crippen molar-refractivity contribution in [2.45, 2.75) is 24.9 Å². The van der Waals surface area contributed by atoms with E-state index in [1.165, 1.54) is 24.3 Å². The molecule has 31 heavy (non-hydrogen) atoms. The van der Waals surface area contributed by atoms with E-state index in [1.54, 1.807) is 0 Å². The summed E-state index contributed by atoms with van der Waals surface area (Å²) < 4.78 is 13.0. The summed E-state index contributed by atoms with van der Waals surface area (Å²) in [6.07, 6.45) is 0.278. The first-order valence-corrected chi connectivity index (χ1v) is 10.9. The summed E-state index contributed by atoms with van der Waals surface area (Å²) in [4.78, 5) is 26.1. The van der Waals surface area contributed by atoms with Crippen LogP contribution in [0.5, 0.6) is 0 Å². The van der Waals surface area contributed by atoms with E-state index < -0.39 is 29.8 Å². The first-order chi connectivity index (χ1) is 14.8. The lowest BCUT2D eigenvalue weighted by atomic mass is 10.0. The Kier molecular flexibility index (Phi) is 10.0. The van der Waals surface area contributed by atoms with Gasteiger partial charge in [0.15, 0.2) is 0 Å². The van der Waals surface area contributed by atoms with Gasteiger partial charge in [-0.1, -0.05) is 24.3 Å². The number of hydrogen-bond acceptors (Lipinski definition) is 4. The van der Waals surface area contributed by atoms with Crippen LogP contribution in [-0.2, 0) is 22.4 Å². The van der Waals surface area contributed by atoms with Crippen molar-refractivity contribution in [3.8, 4) is 0 Å². The van der Waals surface area contributed by atoms with Gasteiger partial charge in [-0.05, 0) is 41.8 Å². The highest BCUT2D eigenvalue weighted by atomic mass is 35.5. The number of nitrogens with zero attached hydrogens (tertiary/aromatic N) is 1. The highest BCUT2D eigenvalue weighted by molar-refractivity contribution is 6.18. The normalized spacial score (nSPS) is 12.8. The molecule has 0 fully saturated rings. The number of carboxylic acid groups (broad SMARTS) is 1. The van der Waals surface area contributed by atoms with E-state index in [9.17, 15) is 19.1 Å². The number of carbonyl (C=O) groups excluding carboxylic acids is 1. The van der Waals surface area contributed by atoms with Crippen molar-refractivity contribution in [2.24, 2.45) is 5.73 Å². The van der Waals surface area contributed by atoms with Gasteiger partial charge in [-0.3, -0.25) is 4.79 Å². The summed E-state index contributed by atoms with van der Waals surface area (Å²) in [6.45, 7) is 1.33. The zero-order chi connectivity index (χ0) is 22.8. The van der Waals surface area contributed by atoms with Crippen LogP contribution in [0.3, 0.4) is 0 Å². The number of alkyl halides is 2. The summed E-state index contributed by atoms with van der Waals surface area (Å²) in [5.74, 6) is -1.21. The third-order valence-corrected chi connectivity index (χ3v) is 5.11. The number of nitrogens with one attached hydrogen (secondary N) is 1. The quantitative estimate of drug-likeness (QED) is 0.415. The third-order valence-electron chi connectivity index (χ3n) is 4.77. The molecule has 0 aliphatic rings. The van der Waals surface area contributed by atoms with Crippen molar-refractivity contribution < 1.29 is 19.1 Å². The van der Waals surface area contributed by atoms with Crippen molar-refractivity contribution in [3.63, 3.8) is 0 Å². The van der Waals surface area contributed by atoms with Gasteiger partial charge in [-0.15, -0.1) is 23.2 Å². The molecule has 2 aromatic rings. The average molecular weight is 470 g/mol. The van der Waals surface area contributed by atoms with Crippen LogP contribution in [0.4, 0.5) is 10.1 Å². The monoisotopic (exact) mass is 469 g/mol. The van der Waals surface area contributed by atoms with E-state index in [0.717, 1.165) is 11.3 Å². The molecule has 4 N–H and O–H groups in total. The molecule has 0 aliphatic carbocycles. The van der Waals surface area contributed by atoms with Gasteiger partial charge in [0.25, 0.3) is 0 Å². The molecule has 0 bridgehead atoms.